The zero-order chi connectivity index (χ0) is 16.5. The highest BCUT2D eigenvalue weighted by Gasteiger charge is 2.21. The van der Waals surface area contributed by atoms with Crippen LogP contribution in [0.2, 0.25) is 5.02 Å². The number of benzene rings is 1. The Kier molecular flexibility index (Phi) is 4.25. The minimum absolute atomic E-state index is 0.477. The third-order valence-corrected chi connectivity index (χ3v) is 5.08. The lowest BCUT2D eigenvalue weighted by Gasteiger charge is -2.24. The molecule has 0 aliphatic heterocycles. The van der Waals surface area contributed by atoms with Crippen LogP contribution in [0.5, 0.6) is 0 Å². The van der Waals surface area contributed by atoms with Gasteiger partial charge in [0.25, 0.3) is 0 Å². The third-order valence-electron chi connectivity index (χ3n) is 4.86. The maximum atomic E-state index is 6.26. The molecule has 124 valence electrons. The Hall–Kier alpha value is -1.91. The zero-order valence-corrected chi connectivity index (χ0v) is 14.6. The van der Waals surface area contributed by atoms with Crippen LogP contribution in [-0.4, -0.2) is 20.8 Å². The van der Waals surface area contributed by atoms with E-state index < -0.39 is 0 Å². The van der Waals surface area contributed by atoms with E-state index in [0.717, 1.165) is 53.8 Å². The van der Waals surface area contributed by atoms with Gasteiger partial charge in [0.15, 0.2) is 0 Å². The van der Waals surface area contributed by atoms with Gasteiger partial charge in [-0.3, -0.25) is 9.67 Å². The maximum Gasteiger partial charge on any atom is 0.0747 e. The highest BCUT2D eigenvalue weighted by molar-refractivity contribution is 6.31. The molecular formula is C19H21ClN4. The maximum absolute atomic E-state index is 6.26. The second kappa shape index (κ2) is 6.54. The summed E-state index contributed by atoms with van der Waals surface area (Å²) in [4.78, 5) is 4.52. The van der Waals surface area contributed by atoms with Gasteiger partial charge in [0, 0.05) is 41.4 Å². The van der Waals surface area contributed by atoms with Crippen LogP contribution in [0, 0.1) is 0 Å². The molecule has 3 aromatic rings. The van der Waals surface area contributed by atoms with Gasteiger partial charge in [-0.1, -0.05) is 17.7 Å². The molecule has 0 radical (unpaired) electrons. The highest BCUT2D eigenvalue weighted by atomic mass is 35.5. The summed E-state index contributed by atoms with van der Waals surface area (Å²) in [6.07, 6.45) is 7.15. The summed E-state index contributed by atoms with van der Waals surface area (Å²) in [6.45, 7) is 3.89. The van der Waals surface area contributed by atoms with Crippen molar-refractivity contribution in [3.05, 3.63) is 58.5 Å². The van der Waals surface area contributed by atoms with Crippen molar-refractivity contribution in [3.8, 4) is 0 Å². The summed E-state index contributed by atoms with van der Waals surface area (Å²) >= 11 is 6.26. The Bertz CT molecular complexity index is 871. The van der Waals surface area contributed by atoms with E-state index in [4.69, 9.17) is 11.6 Å². The van der Waals surface area contributed by atoms with E-state index in [2.05, 4.69) is 33.1 Å². The Morgan fingerprint density at radius 3 is 3.17 bits per heavy atom. The zero-order valence-electron chi connectivity index (χ0n) is 13.8. The van der Waals surface area contributed by atoms with Gasteiger partial charge in [0.05, 0.1) is 11.7 Å². The molecule has 1 unspecified atom stereocenters. The summed E-state index contributed by atoms with van der Waals surface area (Å²) in [7, 11) is 0. The summed E-state index contributed by atoms with van der Waals surface area (Å²) in [5.41, 5.74) is 4.98. The van der Waals surface area contributed by atoms with E-state index >= 15 is 0 Å². The van der Waals surface area contributed by atoms with Crippen molar-refractivity contribution in [2.45, 2.75) is 45.3 Å². The van der Waals surface area contributed by atoms with Gasteiger partial charge in [0.2, 0.25) is 0 Å². The van der Waals surface area contributed by atoms with Gasteiger partial charge < -0.3 is 5.32 Å². The van der Waals surface area contributed by atoms with Crippen LogP contribution in [-0.2, 0) is 25.9 Å². The van der Waals surface area contributed by atoms with Crippen molar-refractivity contribution in [3.63, 3.8) is 0 Å². The molecule has 0 fully saturated rings. The number of nitrogens with zero attached hydrogens (tertiary/aromatic N) is 3. The fourth-order valence-electron chi connectivity index (χ4n) is 3.65. The molecule has 1 N–H and O–H groups in total. The molecule has 0 saturated carbocycles. The molecule has 1 aromatic carbocycles. The first kappa shape index (κ1) is 15.6. The normalized spacial score (nSPS) is 17.2. The summed E-state index contributed by atoms with van der Waals surface area (Å²) < 4.78 is 2.12. The van der Waals surface area contributed by atoms with Crippen molar-refractivity contribution < 1.29 is 0 Å². The van der Waals surface area contributed by atoms with Crippen molar-refractivity contribution in [1.82, 2.24) is 20.1 Å². The van der Waals surface area contributed by atoms with Crippen molar-refractivity contribution in [2.24, 2.45) is 0 Å². The average Bonchev–Trinajstić information content (AvgIpc) is 3.01. The van der Waals surface area contributed by atoms with Crippen LogP contribution in [0.25, 0.3) is 10.9 Å². The van der Waals surface area contributed by atoms with E-state index in [1.54, 1.807) is 0 Å². The molecule has 1 atom stereocenters. The van der Waals surface area contributed by atoms with Gasteiger partial charge in [-0.25, -0.2) is 0 Å². The number of hydrogen-bond donors (Lipinski definition) is 1. The molecule has 4 nitrogen and oxygen atoms in total. The molecule has 1 aliphatic rings. The summed E-state index contributed by atoms with van der Waals surface area (Å²) in [6, 6.07) is 8.48. The van der Waals surface area contributed by atoms with E-state index in [-0.39, 0.29) is 0 Å². The smallest absolute Gasteiger partial charge is 0.0747 e. The molecule has 24 heavy (non-hydrogen) atoms. The van der Waals surface area contributed by atoms with Gasteiger partial charge in [0.1, 0.15) is 0 Å². The fraction of sp³-hybridized carbons (Fsp3) is 0.368. The van der Waals surface area contributed by atoms with Crippen molar-refractivity contribution >= 4 is 22.5 Å². The molecule has 5 heteroatoms. The number of pyridine rings is 1. The minimum Gasteiger partial charge on any atom is -0.309 e. The van der Waals surface area contributed by atoms with Gasteiger partial charge >= 0.3 is 0 Å². The fourth-order valence-corrected chi connectivity index (χ4v) is 3.90. The molecule has 2 aromatic heterocycles. The summed E-state index contributed by atoms with van der Waals surface area (Å²) in [5, 5.41) is 10.0. The Balaban J connectivity index is 1.50. The number of aromatic nitrogens is 3. The van der Waals surface area contributed by atoms with Crippen molar-refractivity contribution in [2.75, 3.05) is 0 Å². The molecule has 0 saturated heterocycles. The standard InChI is InChI=1S/C19H21ClN4/c1-2-24-18-6-5-17(10-14(18)12-23-24)22-11-15-9-16(20)8-13-4-3-7-21-19(13)15/h3-4,7-9,12,17,22H,2,5-6,10-11H2,1H3. The predicted molar refractivity (Wildman–Crippen MR) is 97.3 cm³/mol. The number of halogens is 1. The largest absolute Gasteiger partial charge is 0.309 e. The molecule has 0 bridgehead atoms. The monoisotopic (exact) mass is 340 g/mol. The SMILES string of the molecule is CCn1ncc2c1CCC(NCc1cc(Cl)cc3cccnc13)C2. The lowest BCUT2D eigenvalue weighted by atomic mass is 9.93. The van der Waals surface area contributed by atoms with Crippen LogP contribution >= 0.6 is 11.6 Å². The first-order valence-corrected chi connectivity index (χ1v) is 8.92. The molecular weight excluding hydrogens is 320 g/mol. The first-order chi connectivity index (χ1) is 11.7. The van der Waals surface area contributed by atoms with Gasteiger partial charge in [-0.2, -0.15) is 5.10 Å². The Morgan fingerprint density at radius 1 is 1.38 bits per heavy atom. The van der Waals surface area contributed by atoms with Crippen LogP contribution < -0.4 is 5.32 Å². The minimum atomic E-state index is 0.477. The Morgan fingerprint density at radius 2 is 2.29 bits per heavy atom. The summed E-state index contributed by atoms with van der Waals surface area (Å²) in [5.74, 6) is 0. The van der Waals surface area contributed by atoms with E-state index in [9.17, 15) is 0 Å². The quantitative estimate of drug-likeness (QED) is 0.786. The van der Waals surface area contributed by atoms with Crippen LogP contribution in [0.3, 0.4) is 0 Å². The Labute approximate surface area is 146 Å². The van der Waals surface area contributed by atoms with Gasteiger partial charge in [-0.15, -0.1) is 0 Å². The highest BCUT2D eigenvalue weighted by Crippen LogP contribution is 2.24. The first-order valence-electron chi connectivity index (χ1n) is 8.54. The van der Waals surface area contributed by atoms with E-state index in [1.807, 2.05) is 30.6 Å². The average molecular weight is 341 g/mol. The molecule has 0 spiro atoms. The topological polar surface area (TPSA) is 42.7 Å². The number of aryl methyl sites for hydroxylation is 1. The molecule has 1 aliphatic carbocycles. The molecule has 2 heterocycles. The lowest BCUT2D eigenvalue weighted by molar-refractivity contribution is 0.446. The van der Waals surface area contributed by atoms with Gasteiger partial charge in [-0.05, 0) is 55.5 Å². The van der Waals surface area contributed by atoms with E-state index in [0.29, 0.717) is 6.04 Å². The number of nitrogens with one attached hydrogen (secondary N) is 1. The van der Waals surface area contributed by atoms with Crippen LogP contribution in [0.4, 0.5) is 0 Å². The second-order valence-corrected chi connectivity index (χ2v) is 6.83. The third kappa shape index (κ3) is 2.92. The molecule has 0 amide bonds. The van der Waals surface area contributed by atoms with Crippen molar-refractivity contribution in [1.29, 1.82) is 0 Å². The van der Waals surface area contributed by atoms with E-state index in [1.165, 1.54) is 11.3 Å². The van der Waals surface area contributed by atoms with Crippen LogP contribution in [0.15, 0.2) is 36.7 Å². The molecule has 4 rings (SSSR count). The number of rotatable bonds is 4. The predicted octanol–water partition coefficient (Wildman–Crippen LogP) is 3.75. The second-order valence-electron chi connectivity index (χ2n) is 6.39. The number of fused-ring (bicyclic) bond motifs is 2. The number of hydrogen-bond acceptors (Lipinski definition) is 3. The lowest BCUT2D eigenvalue weighted by Crippen LogP contribution is -2.34. The van der Waals surface area contributed by atoms with Crippen LogP contribution in [0.1, 0.15) is 30.2 Å².